The van der Waals surface area contributed by atoms with Crippen LogP contribution in [0.1, 0.15) is 0 Å². The molecule has 0 saturated heterocycles. The molecule has 0 aliphatic rings. The second kappa shape index (κ2) is 9.33. The molecule has 17 heteroatoms. The first-order chi connectivity index (χ1) is 11.8. The normalized spacial score (nSPS) is 22.1. The van der Waals surface area contributed by atoms with Gasteiger partial charge in [0.05, 0.1) is 0 Å². The van der Waals surface area contributed by atoms with E-state index < -0.39 is 67.1 Å². The molecular weight excluding hydrogens is 502 g/mol. The Balaban J connectivity index is 5.53. The zero-order valence-corrected chi connectivity index (χ0v) is 15.4. The van der Waals surface area contributed by atoms with Crippen molar-refractivity contribution in [2.75, 3.05) is 0 Å². The van der Waals surface area contributed by atoms with Gasteiger partial charge in [0.15, 0.2) is 30.9 Å². The number of alkyl halides is 13. The van der Waals surface area contributed by atoms with Crippen LogP contribution >= 0.6 is 33.2 Å². The Morgan fingerprint density at radius 1 is 0.519 bits per heavy atom. The van der Waals surface area contributed by atoms with E-state index >= 15 is 0 Å². The summed E-state index contributed by atoms with van der Waals surface area (Å²) in [7, 11) is 0. The fourth-order valence-corrected chi connectivity index (χ4v) is 3.42. The van der Waals surface area contributed by atoms with Crippen molar-refractivity contribution in [1.82, 2.24) is 0 Å². The largest absolute Gasteiger partial charge is 0.381 e. The molecule has 0 aromatic rings. The van der Waals surface area contributed by atoms with Gasteiger partial charge in [0.25, 0.3) is 6.43 Å². The van der Waals surface area contributed by atoms with E-state index in [4.69, 9.17) is 33.2 Å². The van der Waals surface area contributed by atoms with Gasteiger partial charge < -0.3 is 0 Å². The fourth-order valence-electron chi connectivity index (χ4n) is 1.59. The van der Waals surface area contributed by atoms with E-state index in [0.717, 1.165) is 0 Å². The fraction of sp³-hybridized carbons (Fsp3) is 1.00. The molecule has 27 heavy (non-hydrogen) atoms. The van der Waals surface area contributed by atoms with E-state index in [1.54, 1.807) is 0 Å². The highest BCUT2D eigenvalue weighted by Gasteiger charge is 2.73. The van der Waals surface area contributed by atoms with Gasteiger partial charge in [-0.3, -0.25) is 0 Å². The number of rotatable bonds is 10. The van der Waals surface area contributed by atoms with Crippen molar-refractivity contribution in [3.8, 4) is 0 Å². The minimum atomic E-state index is -6.45. The van der Waals surface area contributed by atoms with E-state index in [1.807, 2.05) is 0 Å². The molecule has 7 unspecified atom stereocenters. The molecule has 0 aromatic carbocycles. The molecule has 164 valence electrons. The molecule has 0 rings (SSSR count). The van der Waals surface area contributed by atoms with Crippen LogP contribution in [-0.2, 0) is 0 Å². The Hall–Kier alpha value is 0.177. The van der Waals surface area contributed by atoms with Gasteiger partial charge in [-0.05, 0) is 0 Å². The molecule has 0 aromatic heterocycles. The van der Waals surface area contributed by atoms with Crippen LogP contribution in [0.4, 0.5) is 57.1 Å². The van der Waals surface area contributed by atoms with Gasteiger partial charge in [-0.15, -0.1) is 33.2 Å². The zero-order valence-electron chi connectivity index (χ0n) is 12.2. The van der Waals surface area contributed by atoms with E-state index in [9.17, 15) is 57.1 Å². The number of halogens is 16. The lowest BCUT2D eigenvalue weighted by Crippen LogP contribution is -2.61. The van der Waals surface area contributed by atoms with Crippen LogP contribution in [0.5, 0.6) is 0 Å². The molecule has 0 heterocycles. The molecule has 0 aliphatic heterocycles. The molecule has 7 atom stereocenters. The van der Waals surface area contributed by atoms with Gasteiger partial charge in [0.1, 0.15) is 0 Å². The summed E-state index contributed by atoms with van der Waals surface area (Å²) >= 11 is 14.2. The summed E-state index contributed by atoms with van der Waals surface area (Å²) in [6.07, 6.45) is -30.9. The first-order valence-corrected chi connectivity index (χ1v) is 11.5. The first kappa shape index (κ1) is 27.2. The van der Waals surface area contributed by atoms with Crippen LogP contribution in [0.3, 0.4) is 0 Å². The summed E-state index contributed by atoms with van der Waals surface area (Å²) in [5.74, 6) is -17.0. The summed E-state index contributed by atoms with van der Waals surface area (Å²) in [4.78, 5) is 0. The third-order valence-electron chi connectivity index (χ3n) is 3.13. The topological polar surface area (TPSA) is 0 Å². The molecule has 0 nitrogen and oxygen atoms in total. The molecular formula is C10H8Cl3F13Si. The van der Waals surface area contributed by atoms with E-state index in [2.05, 4.69) is 0 Å². The van der Waals surface area contributed by atoms with Crippen molar-refractivity contribution in [3.05, 3.63) is 0 Å². The quantitative estimate of drug-likeness (QED) is 0.190. The van der Waals surface area contributed by atoms with Crippen LogP contribution in [0, 0.1) is 0 Å². The van der Waals surface area contributed by atoms with E-state index in [1.165, 1.54) is 0 Å². The first-order valence-electron chi connectivity index (χ1n) is 6.40. The van der Waals surface area contributed by atoms with Crippen molar-refractivity contribution >= 4 is 39.2 Å². The highest BCUT2D eigenvalue weighted by Crippen LogP contribution is 2.48. The van der Waals surface area contributed by atoms with E-state index in [0.29, 0.717) is 0 Å². The van der Waals surface area contributed by atoms with Gasteiger partial charge in [-0.1, -0.05) is 0 Å². The smallest absolute Gasteiger partial charge is 0.241 e. The van der Waals surface area contributed by atoms with Crippen LogP contribution in [0.2, 0.25) is 0 Å². The van der Waals surface area contributed by atoms with Crippen molar-refractivity contribution in [2.45, 2.75) is 61.1 Å². The van der Waals surface area contributed by atoms with Crippen LogP contribution < -0.4 is 0 Å². The summed E-state index contributed by atoms with van der Waals surface area (Å²) < 4.78 is 169. The molecule has 0 bridgehead atoms. The van der Waals surface area contributed by atoms with Gasteiger partial charge in [0, 0.05) is 0 Å². The molecule has 0 amide bonds. The van der Waals surface area contributed by atoms with Gasteiger partial charge in [0.2, 0.25) is 12.0 Å². The maximum Gasteiger partial charge on any atom is 0.381 e. The monoisotopic (exact) mass is 508 g/mol. The van der Waals surface area contributed by atoms with Crippen LogP contribution in [-0.4, -0.2) is 67.1 Å². The molecule has 0 saturated carbocycles. The second-order valence-corrected chi connectivity index (χ2v) is 13.8. The summed E-state index contributed by atoms with van der Waals surface area (Å²) in [6, 6.07) is -5.31. The van der Waals surface area contributed by atoms with Crippen molar-refractivity contribution < 1.29 is 57.1 Å². The second-order valence-electron chi connectivity index (χ2n) is 5.11. The molecule has 0 N–H and O–H groups in total. The lowest BCUT2D eigenvalue weighted by atomic mass is 9.96. The Morgan fingerprint density at radius 3 is 1.19 bits per heavy atom. The lowest BCUT2D eigenvalue weighted by Gasteiger charge is -2.34. The minimum absolute atomic E-state index is 4.06. The summed E-state index contributed by atoms with van der Waals surface area (Å²) in [6.45, 7) is 0. The van der Waals surface area contributed by atoms with Gasteiger partial charge in [-0.2, -0.15) is 17.6 Å². The number of hydrogen-bond donors (Lipinski definition) is 0. The van der Waals surface area contributed by atoms with Gasteiger partial charge in [-0.25, -0.2) is 39.5 Å². The van der Waals surface area contributed by atoms with Crippen LogP contribution in [0.25, 0.3) is 0 Å². The maximum atomic E-state index is 13.4. The minimum Gasteiger partial charge on any atom is -0.241 e. The third kappa shape index (κ3) is 5.84. The van der Waals surface area contributed by atoms with E-state index in [-0.39, 0.29) is 0 Å². The predicted octanol–water partition coefficient (Wildman–Crippen LogP) is 6.08. The molecule has 0 fully saturated rings. The molecule has 0 aliphatic carbocycles. The summed E-state index contributed by atoms with van der Waals surface area (Å²) in [5, 5.41) is 0. The Kier molecular flexibility index (Phi) is 9.39. The van der Waals surface area contributed by atoms with Crippen molar-refractivity contribution in [1.29, 1.82) is 0 Å². The van der Waals surface area contributed by atoms with Gasteiger partial charge >= 0.3 is 17.8 Å². The zero-order chi connectivity index (χ0) is 22.1. The average molecular weight is 510 g/mol. The Morgan fingerprint density at radius 2 is 0.852 bits per heavy atom. The lowest BCUT2D eigenvalue weighted by molar-refractivity contribution is -0.264. The molecule has 0 spiro atoms. The maximum absolute atomic E-state index is 13.4. The highest BCUT2D eigenvalue weighted by molar-refractivity contribution is 7.65. The standard InChI is InChI=1S/C10H8Cl3F13Si/c11-27(12,13)8(22)10(25,26)9(23,24)6(19)4(17)2(15)1(14)3(16)5(18)7(20)21/h1-8H. The SMILES string of the molecule is FC(F)C(F)C(F)C(F)C(F)C(F)C(F)C(F)(F)C(F)(F)C(F)[Si](Cl)(Cl)Cl. The highest BCUT2D eigenvalue weighted by atomic mass is 35.8. The third-order valence-corrected chi connectivity index (χ3v) is 5.80. The van der Waals surface area contributed by atoms with Crippen LogP contribution in [0.15, 0.2) is 0 Å². The summed E-state index contributed by atoms with van der Waals surface area (Å²) in [5.41, 5.74) is 0. The molecule has 0 radical (unpaired) electrons. The Bertz CT molecular complexity index is 476. The average Bonchev–Trinajstić information content (AvgIpc) is 2.55. The number of hydrogen-bond acceptors (Lipinski definition) is 0. The van der Waals surface area contributed by atoms with Crippen molar-refractivity contribution in [2.24, 2.45) is 0 Å². The van der Waals surface area contributed by atoms with Crippen molar-refractivity contribution in [3.63, 3.8) is 0 Å². The Labute approximate surface area is 158 Å². The predicted molar refractivity (Wildman–Crippen MR) is 73.5 cm³/mol.